The summed E-state index contributed by atoms with van der Waals surface area (Å²) >= 11 is 0. The molecule has 0 rings (SSSR count). The lowest BCUT2D eigenvalue weighted by atomic mass is 10.3. The minimum atomic E-state index is -5.60. The van der Waals surface area contributed by atoms with Crippen LogP contribution >= 0.6 is 0 Å². The summed E-state index contributed by atoms with van der Waals surface area (Å²) in [6.07, 6.45) is -1.07. The Bertz CT molecular complexity index is 1240. The molecule has 20 heteroatoms. The lowest BCUT2D eigenvalue weighted by molar-refractivity contribution is 0.527. The number of sulfonamides is 4. The van der Waals surface area contributed by atoms with Crippen LogP contribution in [0.4, 0.5) is 0 Å². The average molecular weight is 615 g/mol. The topological polar surface area (TPSA) is 280 Å². The van der Waals surface area contributed by atoms with Crippen LogP contribution in [0.25, 0.3) is 0 Å². The third-order valence-corrected chi connectivity index (χ3v) is 15.3. The molecule has 0 aromatic carbocycles. The van der Waals surface area contributed by atoms with Gasteiger partial charge in [-0.3, -0.25) is 0 Å². The SMILES string of the molecule is N#CCCCNS(=O)(=O)CC(S(=O)(=O)NCCCC#N)(S(=O)(=O)NCCCC#N)S(=O)(=O)NCCCC#N. The molecular formula is C18H30N8O8S4. The third-order valence-electron chi connectivity index (χ3n) is 4.65. The summed E-state index contributed by atoms with van der Waals surface area (Å²) in [7, 11) is -21.7. The molecule has 0 saturated carbocycles. The molecular weight excluding hydrogens is 585 g/mol. The summed E-state index contributed by atoms with van der Waals surface area (Å²) in [6.45, 7) is -2.16. The normalized spacial score (nSPS) is 12.6. The van der Waals surface area contributed by atoms with Crippen molar-refractivity contribution in [1.82, 2.24) is 18.9 Å². The smallest absolute Gasteiger partial charge is 0.215 e. The molecule has 0 atom stereocenters. The highest BCUT2D eigenvalue weighted by Gasteiger charge is 2.67. The summed E-state index contributed by atoms with van der Waals surface area (Å²) in [5.41, 5.74) is 0. The monoisotopic (exact) mass is 614 g/mol. The zero-order valence-corrected chi connectivity index (χ0v) is 23.6. The van der Waals surface area contributed by atoms with Crippen molar-refractivity contribution < 1.29 is 33.7 Å². The summed E-state index contributed by atoms with van der Waals surface area (Å²) in [4.78, 5) is 0. The first kappa shape index (κ1) is 35.6. The van der Waals surface area contributed by atoms with Gasteiger partial charge in [0.05, 0.1) is 24.3 Å². The van der Waals surface area contributed by atoms with Gasteiger partial charge in [0.15, 0.2) is 0 Å². The quantitative estimate of drug-likeness (QED) is 0.108. The van der Waals surface area contributed by atoms with Crippen molar-refractivity contribution >= 4 is 40.1 Å². The van der Waals surface area contributed by atoms with E-state index in [1.165, 1.54) is 0 Å². The maximum absolute atomic E-state index is 13.5. The Morgan fingerprint density at radius 1 is 0.474 bits per heavy atom. The van der Waals surface area contributed by atoms with E-state index in [0.29, 0.717) is 0 Å². The highest BCUT2D eigenvalue weighted by Crippen LogP contribution is 2.32. The molecule has 0 aromatic heterocycles. The van der Waals surface area contributed by atoms with Gasteiger partial charge in [-0.2, -0.15) is 21.0 Å². The van der Waals surface area contributed by atoms with Crippen molar-refractivity contribution in [3.05, 3.63) is 0 Å². The van der Waals surface area contributed by atoms with E-state index in [9.17, 15) is 33.7 Å². The molecule has 0 bridgehead atoms. The first-order chi connectivity index (χ1) is 17.7. The Morgan fingerprint density at radius 3 is 1.00 bits per heavy atom. The lowest BCUT2D eigenvalue weighted by Crippen LogP contribution is -2.67. The molecule has 0 heterocycles. The van der Waals surface area contributed by atoms with Crippen LogP contribution in [0.15, 0.2) is 0 Å². The lowest BCUT2D eigenvalue weighted by Gasteiger charge is -2.32. The minimum Gasteiger partial charge on any atom is -0.215 e. The van der Waals surface area contributed by atoms with Crippen LogP contribution in [0.5, 0.6) is 0 Å². The van der Waals surface area contributed by atoms with Gasteiger partial charge in [0.1, 0.15) is 5.75 Å². The molecule has 0 aliphatic heterocycles. The predicted molar refractivity (Wildman–Crippen MR) is 135 cm³/mol. The molecule has 0 amide bonds. The zero-order valence-electron chi connectivity index (χ0n) is 20.4. The van der Waals surface area contributed by atoms with Crippen LogP contribution in [-0.2, 0) is 40.1 Å². The molecule has 4 N–H and O–H groups in total. The van der Waals surface area contributed by atoms with Gasteiger partial charge >= 0.3 is 3.41 Å². The average Bonchev–Trinajstić information content (AvgIpc) is 2.83. The minimum absolute atomic E-state index is 0.0276. The summed E-state index contributed by atoms with van der Waals surface area (Å²) in [6, 6.07) is 6.94. The van der Waals surface area contributed by atoms with Gasteiger partial charge in [-0.1, -0.05) is 0 Å². The Morgan fingerprint density at radius 2 is 0.737 bits per heavy atom. The Labute approximate surface area is 224 Å². The van der Waals surface area contributed by atoms with Gasteiger partial charge in [0, 0.05) is 51.9 Å². The number of unbranched alkanes of at least 4 members (excludes halogenated alkanes) is 4. The summed E-state index contributed by atoms with van der Waals surface area (Å²) < 4.78 is 110. The fourth-order valence-corrected chi connectivity index (χ4v) is 13.5. The van der Waals surface area contributed by atoms with Crippen molar-refractivity contribution in [3.63, 3.8) is 0 Å². The molecule has 0 radical (unpaired) electrons. The van der Waals surface area contributed by atoms with Crippen molar-refractivity contribution in [2.75, 3.05) is 31.9 Å². The van der Waals surface area contributed by atoms with E-state index >= 15 is 0 Å². The second kappa shape index (κ2) is 16.5. The number of hydrogen-bond acceptors (Lipinski definition) is 12. The van der Waals surface area contributed by atoms with Crippen molar-refractivity contribution in [1.29, 1.82) is 21.0 Å². The standard InChI is InChI=1S/C18H30N8O8S4/c19-9-1-5-13-23-35(27,28)17-18(36(29,30)24-14-6-2-10-20,37(31,32)25-15-7-3-11-21)38(33,34)26-16-8-4-12-22/h23-26H,1-8,13-17H2. The highest BCUT2D eigenvalue weighted by atomic mass is 32.3. The van der Waals surface area contributed by atoms with Gasteiger partial charge in [-0.25, -0.2) is 52.6 Å². The fraction of sp³-hybridized carbons (Fsp3) is 0.778. The number of nitrogens with one attached hydrogen (secondary N) is 4. The maximum atomic E-state index is 13.5. The number of rotatable bonds is 21. The Balaban J connectivity index is 6.96. The molecule has 16 nitrogen and oxygen atoms in total. The molecule has 0 spiro atoms. The fourth-order valence-electron chi connectivity index (χ4n) is 2.80. The van der Waals surface area contributed by atoms with E-state index in [1.54, 1.807) is 38.4 Å². The van der Waals surface area contributed by atoms with Crippen LogP contribution in [0, 0.1) is 45.3 Å². The third kappa shape index (κ3) is 10.4. The number of nitriles is 4. The number of hydrogen-bond donors (Lipinski definition) is 4. The van der Waals surface area contributed by atoms with Crippen LogP contribution in [0.1, 0.15) is 51.4 Å². The largest absolute Gasteiger partial charge is 0.328 e. The van der Waals surface area contributed by atoms with Crippen LogP contribution < -0.4 is 18.9 Å². The second-order valence-corrected chi connectivity index (χ2v) is 16.1. The van der Waals surface area contributed by atoms with Gasteiger partial charge in [-0.15, -0.1) is 0 Å². The first-order valence-electron chi connectivity index (χ1n) is 11.1. The predicted octanol–water partition coefficient (Wildman–Crippen LogP) is -1.47. The van der Waals surface area contributed by atoms with Crippen molar-refractivity contribution in [3.8, 4) is 24.3 Å². The van der Waals surface area contributed by atoms with E-state index in [0.717, 1.165) is 0 Å². The Hall–Kier alpha value is -2.40. The van der Waals surface area contributed by atoms with Gasteiger partial charge < -0.3 is 0 Å². The molecule has 0 unspecified atom stereocenters. The van der Waals surface area contributed by atoms with E-state index in [-0.39, 0.29) is 51.4 Å². The molecule has 0 saturated heterocycles. The zero-order chi connectivity index (χ0) is 29.3. The molecule has 0 aromatic rings. The van der Waals surface area contributed by atoms with E-state index in [4.69, 9.17) is 21.0 Å². The highest BCUT2D eigenvalue weighted by molar-refractivity contribution is 8.25. The Kier molecular flexibility index (Phi) is 15.5. The van der Waals surface area contributed by atoms with E-state index < -0.39 is 75.4 Å². The van der Waals surface area contributed by atoms with Gasteiger partial charge in [-0.05, 0) is 25.7 Å². The van der Waals surface area contributed by atoms with Crippen LogP contribution in [0.3, 0.4) is 0 Å². The maximum Gasteiger partial charge on any atom is 0.328 e. The summed E-state index contributed by atoms with van der Waals surface area (Å²) in [5, 5.41) is 34.6. The van der Waals surface area contributed by atoms with Crippen molar-refractivity contribution in [2.24, 2.45) is 0 Å². The van der Waals surface area contributed by atoms with Gasteiger partial charge in [0.2, 0.25) is 10.0 Å². The summed E-state index contributed by atoms with van der Waals surface area (Å²) in [5.74, 6) is -1.98. The number of nitrogens with zero attached hydrogens (tertiary/aromatic N) is 4. The molecule has 0 aliphatic carbocycles. The first-order valence-corrected chi connectivity index (χ1v) is 17.2. The van der Waals surface area contributed by atoms with Crippen LogP contribution in [0.2, 0.25) is 0 Å². The second-order valence-electron chi connectivity index (χ2n) is 7.58. The molecule has 214 valence electrons. The van der Waals surface area contributed by atoms with E-state index in [1.807, 2.05) is 4.72 Å². The molecule has 0 aliphatic rings. The van der Waals surface area contributed by atoms with Crippen molar-refractivity contribution in [2.45, 2.75) is 54.8 Å². The van der Waals surface area contributed by atoms with E-state index in [2.05, 4.69) is 0 Å². The van der Waals surface area contributed by atoms with Crippen LogP contribution in [-0.4, -0.2) is 69.0 Å². The molecule has 0 fully saturated rings. The molecule has 38 heavy (non-hydrogen) atoms. The van der Waals surface area contributed by atoms with Gasteiger partial charge in [0.25, 0.3) is 30.1 Å².